The first kappa shape index (κ1) is 25.8. The van der Waals surface area contributed by atoms with E-state index in [9.17, 15) is 0 Å². The Morgan fingerprint density at radius 1 is 1.11 bits per heavy atom. The maximum Gasteiger partial charge on any atom is 0.232 e. The Bertz CT molecular complexity index is 685. The molecular weight excluding hydrogens is 348 g/mol. The second-order valence-corrected chi connectivity index (χ2v) is 6.00. The monoisotopic (exact) mass is 388 g/mol. The van der Waals surface area contributed by atoms with Crippen molar-refractivity contribution in [2.24, 2.45) is 0 Å². The van der Waals surface area contributed by atoms with Gasteiger partial charge in [0.05, 0.1) is 0 Å². The molecule has 28 heavy (non-hydrogen) atoms. The lowest BCUT2D eigenvalue weighted by Crippen LogP contribution is -2.20. The van der Waals surface area contributed by atoms with E-state index in [1.165, 1.54) is 25.7 Å². The van der Waals surface area contributed by atoms with Crippen LogP contribution in [-0.2, 0) is 0 Å². The van der Waals surface area contributed by atoms with E-state index in [0.29, 0.717) is 17.4 Å². The van der Waals surface area contributed by atoms with Crippen molar-refractivity contribution in [3.8, 4) is 5.88 Å². The molecule has 5 nitrogen and oxygen atoms in total. The first-order chi connectivity index (χ1) is 13.7. The summed E-state index contributed by atoms with van der Waals surface area (Å²) in [6.07, 6.45) is 11.2. The number of aromatic nitrogens is 4. The Morgan fingerprint density at radius 3 is 2.25 bits per heavy atom. The Hall–Kier alpha value is -2.17. The molecule has 0 amide bonds. The minimum atomic E-state index is 0.282. The fourth-order valence-corrected chi connectivity index (χ4v) is 2.71. The highest BCUT2D eigenvalue weighted by atomic mass is 16.5. The van der Waals surface area contributed by atoms with E-state index in [0.717, 1.165) is 18.4 Å². The summed E-state index contributed by atoms with van der Waals surface area (Å²) in [6, 6.07) is 3.75. The molecule has 5 heteroatoms. The SMILES string of the molecule is C=C/C(=C\C)c1nnc2ccc(OC3CCCCC3)nn12.CC.CC.CCC. The quantitative estimate of drug-likeness (QED) is 0.535. The van der Waals surface area contributed by atoms with Gasteiger partial charge in [0.2, 0.25) is 5.88 Å². The molecule has 0 atom stereocenters. The second-order valence-electron chi connectivity index (χ2n) is 6.00. The molecule has 0 aliphatic heterocycles. The Morgan fingerprint density at radius 2 is 1.71 bits per heavy atom. The summed E-state index contributed by atoms with van der Waals surface area (Å²) in [6.45, 7) is 18.0. The van der Waals surface area contributed by atoms with Gasteiger partial charge in [-0.3, -0.25) is 0 Å². The number of ether oxygens (including phenoxy) is 1. The van der Waals surface area contributed by atoms with E-state index in [1.807, 2.05) is 52.8 Å². The van der Waals surface area contributed by atoms with Crippen LogP contribution in [0.4, 0.5) is 0 Å². The van der Waals surface area contributed by atoms with Crippen LogP contribution in [0.1, 0.15) is 92.8 Å². The van der Waals surface area contributed by atoms with E-state index in [2.05, 4.69) is 35.7 Å². The molecule has 0 bridgehead atoms. The largest absolute Gasteiger partial charge is 0.473 e. The van der Waals surface area contributed by atoms with Crippen molar-refractivity contribution < 1.29 is 4.74 Å². The van der Waals surface area contributed by atoms with Gasteiger partial charge in [-0.2, -0.15) is 4.52 Å². The van der Waals surface area contributed by atoms with Gasteiger partial charge in [0.15, 0.2) is 11.5 Å². The highest BCUT2D eigenvalue weighted by molar-refractivity contribution is 5.69. The number of allylic oxidation sites excluding steroid dienone is 3. The van der Waals surface area contributed by atoms with Gasteiger partial charge in [-0.25, -0.2) is 0 Å². The molecule has 158 valence electrons. The van der Waals surface area contributed by atoms with E-state index >= 15 is 0 Å². The normalized spacial score (nSPS) is 13.9. The summed E-state index contributed by atoms with van der Waals surface area (Å²) < 4.78 is 7.72. The van der Waals surface area contributed by atoms with Crippen LogP contribution >= 0.6 is 0 Å². The lowest BCUT2D eigenvalue weighted by Gasteiger charge is -2.22. The zero-order valence-electron chi connectivity index (χ0n) is 19.0. The van der Waals surface area contributed by atoms with Crippen LogP contribution < -0.4 is 4.74 Å². The van der Waals surface area contributed by atoms with Gasteiger partial charge in [-0.1, -0.05) is 73.1 Å². The minimum absolute atomic E-state index is 0.282. The average Bonchev–Trinajstić information content (AvgIpc) is 3.17. The lowest BCUT2D eigenvalue weighted by atomic mass is 9.98. The number of rotatable bonds is 4. The predicted octanol–water partition coefficient (Wildman–Crippen LogP) is 6.89. The number of hydrogen-bond donors (Lipinski definition) is 0. The van der Waals surface area contributed by atoms with Crippen molar-refractivity contribution in [1.29, 1.82) is 0 Å². The number of fused-ring (bicyclic) bond motifs is 1. The predicted molar refractivity (Wildman–Crippen MR) is 121 cm³/mol. The molecule has 0 radical (unpaired) electrons. The van der Waals surface area contributed by atoms with Crippen LogP contribution in [-0.4, -0.2) is 25.9 Å². The molecule has 3 rings (SSSR count). The molecule has 2 heterocycles. The van der Waals surface area contributed by atoms with Crippen molar-refractivity contribution >= 4 is 11.2 Å². The van der Waals surface area contributed by atoms with Crippen molar-refractivity contribution in [3.63, 3.8) is 0 Å². The summed E-state index contributed by atoms with van der Waals surface area (Å²) in [5, 5.41) is 12.8. The summed E-state index contributed by atoms with van der Waals surface area (Å²) in [7, 11) is 0. The third-order valence-electron chi connectivity index (χ3n) is 3.87. The van der Waals surface area contributed by atoms with Crippen molar-refractivity contribution in [1.82, 2.24) is 19.8 Å². The first-order valence-corrected chi connectivity index (χ1v) is 10.9. The van der Waals surface area contributed by atoms with Crippen LogP contribution in [0.15, 0.2) is 30.9 Å². The van der Waals surface area contributed by atoms with E-state index in [-0.39, 0.29) is 6.10 Å². The fourth-order valence-electron chi connectivity index (χ4n) is 2.71. The number of nitrogens with zero attached hydrogens (tertiary/aromatic N) is 4. The van der Waals surface area contributed by atoms with Crippen LogP contribution in [0.25, 0.3) is 11.2 Å². The summed E-state index contributed by atoms with van der Waals surface area (Å²) in [4.78, 5) is 0. The Balaban J connectivity index is 0.000000930. The zero-order valence-corrected chi connectivity index (χ0v) is 19.0. The van der Waals surface area contributed by atoms with Gasteiger partial charge in [-0.15, -0.1) is 15.3 Å². The minimum Gasteiger partial charge on any atom is -0.473 e. The molecule has 2 aromatic rings. The zero-order chi connectivity index (χ0) is 21.4. The number of hydrogen-bond acceptors (Lipinski definition) is 4. The summed E-state index contributed by atoms with van der Waals surface area (Å²) in [5.74, 6) is 1.33. The smallest absolute Gasteiger partial charge is 0.232 e. The van der Waals surface area contributed by atoms with Crippen LogP contribution in [0.2, 0.25) is 0 Å². The van der Waals surface area contributed by atoms with Gasteiger partial charge >= 0.3 is 0 Å². The highest BCUT2D eigenvalue weighted by Gasteiger charge is 2.16. The third-order valence-corrected chi connectivity index (χ3v) is 3.87. The first-order valence-electron chi connectivity index (χ1n) is 10.9. The summed E-state index contributed by atoms with van der Waals surface area (Å²) >= 11 is 0. The molecule has 1 aliphatic rings. The molecule has 0 N–H and O–H groups in total. The molecule has 2 aromatic heterocycles. The van der Waals surface area contributed by atoms with Crippen LogP contribution in [0, 0.1) is 0 Å². The Kier molecular flexibility index (Phi) is 14.6. The third kappa shape index (κ3) is 7.83. The van der Waals surface area contributed by atoms with Crippen molar-refractivity contribution in [3.05, 3.63) is 36.7 Å². The van der Waals surface area contributed by atoms with Gasteiger partial charge in [0.25, 0.3) is 0 Å². The molecule has 1 saturated carbocycles. The summed E-state index contributed by atoms with van der Waals surface area (Å²) in [5.41, 5.74) is 1.62. The second kappa shape index (κ2) is 15.8. The lowest BCUT2D eigenvalue weighted by molar-refractivity contribution is 0.146. The van der Waals surface area contributed by atoms with Crippen LogP contribution in [0.5, 0.6) is 5.88 Å². The van der Waals surface area contributed by atoms with Gasteiger partial charge in [-0.05, 0) is 38.7 Å². The van der Waals surface area contributed by atoms with Gasteiger partial charge < -0.3 is 4.74 Å². The Labute approximate surface area is 171 Å². The maximum atomic E-state index is 6.00. The van der Waals surface area contributed by atoms with E-state index in [4.69, 9.17) is 4.74 Å². The van der Waals surface area contributed by atoms with E-state index in [1.54, 1.807) is 10.6 Å². The van der Waals surface area contributed by atoms with Gasteiger partial charge in [0, 0.05) is 11.6 Å². The molecule has 1 fully saturated rings. The maximum absolute atomic E-state index is 6.00. The standard InChI is InChI=1S/C16H20N4O.C3H8.2C2H6/c1-3-12(4-2)16-18-17-14-10-11-15(19-20(14)16)21-13-8-6-5-7-9-13;1-3-2;2*1-2/h3-4,10-11,13H,1,5-9H2,2H3;3H2,1-2H3;2*1-2H3/b12-4+;;;. The highest BCUT2D eigenvalue weighted by Crippen LogP contribution is 2.23. The molecular formula is C23H40N4O. The average molecular weight is 389 g/mol. The topological polar surface area (TPSA) is 52.3 Å². The molecule has 0 unspecified atom stereocenters. The fraction of sp³-hybridized carbons (Fsp3) is 0.609. The van der Waals surface area contributed by atoms with Crippen molar-refractivity contribution in [2.75, 3.05) is 0 Å². The van der Waals surface area contributed by atoms with E-state index < -0.39 is 0 Å². The van der Waals surface area contributed by atoms with Crippen LogP contribution in [0.3, 0.4) is 0 Å². The van der Waals surface area contributed by atoms with Crippen molar-refractivity contribution in [2.45, 2.75) is 93.1 Å². The molecule has 0 saturated heterocycles. The van der Waals surface area contributed by atoms with Gasteiger partial charge in [0.1, 0.15) is 6.10 Å². The molecule has 1 aliphatic carbocycles. The molecule has 0 spiro atoms. The molecule has 0 aromatic carbocycles.